The Hall–Kier alpha value is -2.32. The normalized spacial score (nSPS) is 15.3. The monoisotopic (exact) mass is 389 g/mol. The fourth-order valence-electron chi connectivity index (χ4n) is 3.06. The first-order valence-corrected chi connectivity index (χ1v) is 9.99. The minimum absolute atomic E-state index is 0.0343. The average Bonchev–Trinajstić information content (AvgIpc) is 3.30. The van der Waals surface area contributed by atoms with Crippen LogP contribution in [0.2, 0.25) is 0 Å². The van der Waals surface area contributed by atoms with E-state index in [1.807, 2.05) is 17.5 Å². The van der Waals surface area contributed by atoms with Crippen molar-refractivity contribution in [1.29, 1.82) is 0 Å². The van der Waals surface area contributed by atoms with Crippen molar-refractivity contribution in [2.45, 2.75) is 12.8 Å². The van der Waals surface area contributed by atoms with Crippen LogP contribution >= 0.6 is 22.7 Å². The number of fused-ring (bicyclic) bond motifs is 1. The second-order valence-corrected chi connectivity index (χ2v) is 8.14. The fourth-order valence-corrected chi connectivity index (χ4v) is 4.64. The van der Waals surface area contributed by atoms with Gasteiger partial charge >= 0.3 is 0 Å². The summed E-state index contributed by atoms with van der Waals surface area (Å²) < 4.78 is 14.0. The van der Waals surface area contributed by atoms with Gasteiger partial charge < -0.3 is 10.2 Å². The van der Waals surface area contributed by atoms with Crippen molar-refractivity contribution in [2.75, 3.05) is 18.4 Å². The van der Waals surface area contributed by atoms with E-state index >= 15 is 0 Å². The van der Waals surface area contributed by atoms with Gasteiger partial charge in [0, 0.05) is 19.0 Å². The lowest BCUT2D eigenvalue weighted by Crippen LogP contribution is -2.41. The number of hydrogen-bond donors (Lipinski definition) is 1. The number of piperidine rings is 1. The lowest BCUT2D eigenvalue weighted by atomic mass is 9.96. The lowest BCUT2D eigenvalue weighted by Gasteiger charge is -2.30. The van der Waals surface area contributed by atoms with Gasteiger partial charge in [-0.15, -0.1) is 11.3 Å². The van der Waals surface area contributed by atoms with Gasteiger partial charge in [0.25, 0.3) is 5.91 Å². The number of likely N-dealkylation sites (tertiary alicyclic amines) is 1. The highest BCUT2D eigenvalue weighted by Gasteiger charge is 2.28. The minimum Gasteiger partial charge on any atom is -0.338 e. The summed E-state index contributed by atoms with van der Waals surface area (Å²) in [7, 11) is 0. The number of thiazole rings is 1. The van der Waals surface area contributed by atoms with E-state index < -0.39 is 0 Å². The summed E-state index contributed by atoms with van der Waals surface area (Å²) in [6.07, 6.45) is 1.25. The van der Waals surface area contributed by atoms with E-state index in [2.05, 4.69) is 10.3 Å². The maximum Gasteiger partial charge on any atom is 0.263 e. The largest absolute Gasteiger partial charge is 0.338 e. The smallest absolute Gasteiger partial charge is 0.263 e. The molecule has 1 aliphatic heterocycles. The third-order valence-corrected chi connectivity index (χ3v) is 6.26. The van der Waals surface area contributed by atoms with E-state index in [1.165, 1.54) is 34.8 Å². The minimum atomic E-state index is -0.318. The van der Waals surface area contributed by atoms with E-state index in [1.54, 1.807) is 11.0 Å². The molecule has 0 unspecified atom stereocenters. The number of carbonyl (C=O) groups excluding carboxylic acids is 2. The Morgan fingerprint density at radius 2 is 2.04 bits per heavy atom. The molecular weight excluding hydrogens is 373 g/mol. The number of rotatable bonds is 3. The highest BCUT2D eigenvalue weighted by atomic mass is 32.1. The zero-order valence-corrected chi connectivity index (χ0v) is 15.4. The Bertz CT molecular complexity index is 947. The molecule has 2 amide bonds. The van der Waals surface area contributed by atoms with Gasteiger partial charge in [-0.25, -0.2) is 9.37 Å². The van der Waals surface area contributed by atoms with Crippen LogP contribution in [0.3, 0.4) is 0 Å². The highest BCUT2D eigenvalue weighted by Crippen LogP contribution is 2.28. The van der Waals surface area contributed by atoms with Gasteiger partial charge in [-0.05, 0) is 42.5 Å². The second-order valence-electron chi connectivity index (χ2n) is 6.16. The molecule has 1 saturated heterocycles. The molecule has 2 aromatic heterocycles. The SMILES string of the molecule is O=C(Nc1nc2ccc(F)cc2s1)C1CCN(C(=O)c2cccs2)CC1. The van der Waals surface area contributed by atoms with Crippen LogP contribution in [-0.2, 0) is 4.79 Å². The molecule has 1 N–H and O–H groups in total. The zero-order valence-electron chi connectivity index (χ0n) is 13.8. The van der Waals surface area contributed by atoms with E-state index in [4.69, 9.17) is 0 Å². The summed E-state index contributed by atoms with van der Waals surface area (Å²) in [4.78, 5) is 31.7. The number of hydrogen-bond acceptors (Lipinski definition) is 5. The van der Waals surface area contributed by atoms with Gasteiger partial charge in [0.1, 0.15) is 5.82 Å². The Morgan fingerprint density at radius 3 is 2.77 bits per heavy atom. The first-order chi connectivity index (χ1) is 12.6. The molecule has 4 rings (SSSR count). The molecule has 0 atom stereocenters. The van der Waals surface area contributed by atoms with Gasteiger partial charge in [0.2, 0.25) is 5.91 Å². The summed E-state index contributed by atoms with van der Waals surface area (Å²) in [5, 5.41) is 5.20. The van der Waals surface area contributed by atoms with Crippen LogP contribution in [0.1, 0.15) is 22.5 Å². The number of aromatic nitrogens is 1. The van der Waals surface area contributed by atoms with E-state index in [0.29, 0.717) is 41.3 Å². The predicted molar refractivity (Wildman–Crippen MR) is 101 cm³/mol. The van der Waals surface area contributed by atoms with Gasteiger partial charge in [0.15, 0.2) is 5.13 Å². The van der Waals surface area contributed by atoms with E-state index in [9.17, 15) is 14.0 Å². The van der Waals surface area contributed by atoms with Gasteiger partial charge in [-0.1, -0.05) is 17.4 Å². The molecule has 0 aliphatic carbocycles. The molecule has 1 aromatic carbocycles. The molecule has 3 heterocycles. The zero-order chi connectivity index (χ0) is 18.1. The number of benzene rings is 1. The summed E-state index contributed by atoms with van der Waals surface area (Å²) in [5.41, 5.74) is 0.670. The Kier molecular flexibility index (Phi) is 4.69. The Morgan fingerprint density at radius 1 is 1.23 bits per heavy atom. The van der Waals surface area contributed by atoms with Gasteiger partial charge in [0.05, 0.1) is 15.1 Å². The number of thiophene rings is 1. The van der Waals surface area contributed by atoms with Crippen LogP contribution in [0.4, 0.5) is 9.52 Å². The number of nitrogens with zero attached hydrogens (tertiary/aromatic N) is 2. The van der Waals surface area contributed by atoms with E-state index in [0.717, 1.165) is 4.88 Å². The molecule has 0 saturated carbocycles. The molecule has 1 fully saturated rings. The standard InChI is InChI=1S/C18H16FN3O2S2/c19-12-3-4-13-15(10-12)26-18(20-13)21-16(23)11-5-7-22(8-6-11)17(24)14-2-1-9-25-14/h1-4,9-11H,5-8H2,(H,20,21,23). The van der Waals surface area contributed by atoms with Crippen LogP contribution in [-0.4, -0.2) is 34.8 Å². The molecular formula is C18H16FN3O2S2. The third kappa shape index (κ3) is 3.47. The van der Waals surface area contributed by atoms with Crippen molar-refractivity contribution >= 4 is 49.8 Å². The topological polar surface area (TPSA) is 62.3 Å². The summed E-state index contributed by atoms with van der Waals surface area (Å²) in [5.74, 6) is -0.521. The van der Waals surface area contributed by atoms with E-state index in [-0.39, 0.29) is 23.5 Å². The molecule has 134 valence electrons. The Balaban J connectivity index is 1.36. The van der Waals surface area contributed by atoms with Crippen molar-refractivity contribution in [2.24, 2.45) is 5.92 Å². The van der Waals surface area contributed by atoms with Gasteiger partial charge in [-0.2, -0.15) is 0 Å². The number of carbonyl (C=O) groups is 2. The molecule has 26 heavy (non-hydrogen) atoms. The Labute approximate surface area is 157 Å². The predicted octanol–water partition coefficient (Wildman–Crippen LogP) is 3.99. The third-order valence-electron chi connectivity index (χ3n) is 4.47. The summed E-state index contributed by atoms with van der Waals surface area (Å²) in [6.45, 7) is 1.14. The van der Waals surface area contributed by atoms with Crippen molar-refractivity contribution in [1.82, 2.24) is 9.88 Å². The van der Waals surface area contributed by atoms with Crippen LogP contribution in [0.5, 0.6) is 0 Å². The number of halogens is 1. The van der Waals surface area contributed by atoms with Crippen LogP contribution in [0.25, 0.3) is 10.2 Å². The van der Waals surface area contributed by atoms with Crippen LogP contribution in [0, 0.1) is 11.7 Å². The molecule has 8 heteroatoms. The van der Waals surface area contributed by atoms with Gasteiger partial charge in [-0.3, -0.25) is 9.59 Å². The first-order valence-electron chi connectivity index (χ1n) is 8.30. The second kappa shape index (κ2) is 7.13. The van der Waals surface area contributed by atoms with Crippen molar-refractivity contribution < 1.29 is 14.0 Å². The molecule has 3 aromatic rings. The summed E-state index contributed by atoms with van der Waals surface area (Å²) >= 11 is 2.69. The maximum absolute atomic E-state index is 13.3. The molecule has 5 nitrogen and oxygen atoms in total. The van der Waals surface area contributed by atoms with Crippen LogP contribution in [0.15, 0.2) is 35.7 Å². The number of nitrogens with one attached hydrogen (secondary N) is 1. The number of amides is 2. The number of anilines is 1. The van der Waals surface area contributed by atoms with Crippen molar-refractivity contribution in [3.8, 4) is 0 Å². The van der Waals surface area contributed by atoms with Crippen LogP contribution < -0.4 is 5.32 Å². The molecule has 0 bridgehead atoms. The quantitative estimate of drug-likeness (QED) is 0.737. The summed E-state index contributed by atoms with van der Waals surface area (Å²) in [6, 6.07) is 8.06. The highest BCUT2D eigenvalue weighted by molar-refractivity contribution is 7.22. The fraction of sp³-hybridized carbons (Fsp3) is 0.278. The molecule has 0 radical (unpaired) electrons. The first kappa shape index (κ1) is 17.1. The van der Waals surface area contributed by atoms with Crippen molar-refractivity contribution in [3.63, 3.8) is 0 Å². The average molecular weight is 389 g/mol. The van der Waals surface area contributed by atoms with Crippen molar-refractivity contribution in [3.05, 3.63) is 46.4 Å². The maximum atomic E-state index is 13.3. The molecule has 1 aliphatic rings. The lowest BCUT2D eigenvalue weighted by molar-refractivity contribution is -0.121. The molecule has 0 spiro atoms.